The fourth-order valence-corrected chi connectivity index (χ4v) is 2.57. The highest BCUT2D eigenvalue weighted by atomic mass is 19.4. The van der Waals surface area contributed by atoms with Gasteiger partial charge in [-0.2, -0.15) is 13.2 Å². The first kappa shape index (κ1) is 14.9. The maximum Gasteiger partial charge on any atom is 0.416 e. The lowest BCUT2D eigenvalue weighted by Gasteiger charge is -2.12. The molecule has 1 aromatic carbocycles. The lowest BCUT2D eigenvalue weighted by atomic mass is 10.0. The predicted molar refractivity (Wildman–Crippen MR) is 71.3 cm³/mol. The number of carbonyl (C=O) groups excluding carboxylic acids is 2. The van der Waals surface area contributed by atoms with Crippen molar-refractivity contribution in [1.29, 1.82) is 0 Å². The summed E-state index contributed by atoms with van der Waals surface area (Å²) in [6.45, 7) is 0. The maximum absolute atomic E-state index is 13.0. The molecule has 0 aromatic heterocycles. The Hall–Kier alpha value is -2.05. The number of benzene rings is 1. The summed E-state index contributed by atoms with van der Waals surface area (Å²) in [6.07, 6.45) is -2.45. The molecular formula is C15H15F3N2O2. The molecule has 2 aliphatic rings. The average Bonchev–Trinajstić information content (AvgIpc) is 3.36. The molecule has 3 rings (SSSR count). The molecule has 2 saturated carbocycles. The van der Waals surface area contributed by atoms with E-state index in [0.717, 1.165) is 18.9 Å². The van der Waals surface area contributed by atoms with Crippen molar-refractivity contribution in [3.63, 3.8) is 0 Å². The number of carbonyl (C=O) groups is 2. The first-order chi connectivity index (χ1) is 10.4. The van der Waals surface area contributed by atoms with Gasteiger partial charge < -0.3 is 0 Å². The van der Waals surface area contributed by atoms with Crippen LogP contribution in [-0.4, -0.2) is 11.8 Å². The van der Waals surface area contributed by atoms with Crippen LogP contribution >= 0.6 is 0 Å². The maximum atomic E-state index is 13.0. The second-order valence-corrected chi connectivity index (χ2v) is 5.79. The largest absolute Gasteiger partial charge is 0.416 e. The lowest BCUT2D eigenvalue weighted by molar-refractivity contribution is -0.138. The summed E-state index contributed by atoms with van der Waals surface area (Å²) in [5, 5.41) is 0. The number of hydrogen-bond donors (Lipinski definition) is 2. The van der Waals surface area contributed by atoms with Crippen molar-refractivity contribution in [3.05, 3.63) is 35.4 Å². The van der Waals surface area contributed by atoms with E-state index >= 15 is 0 Å². The second kappa shape index (κ2) is 5.30. The molecule has 0 heterocycles. The van der Waals surface area contributed by atoms with Crippen LogP contribution in [0.1, 0.15) is 36.3 Å². The monoisotopic (exact) mass is 312 g/mol. The number of hydrazine groups is 1. The lowest BCUT2D eigenvalue weighted by Crippen LogP contribution is -2.43. The van der Waals surface area contributed by atoms with Crippen LogP contribution in [0.4, 0.5) is 13.2 Å². The fourth-order valence-electron chi connectivity index (χ4n) is 2.57. The van der Waals surface area contributed by atoms with Gasteiger partial charge in [0.2, 0.25) is 11.8 Å². The van der Waals surface area contributed by atoms with E-state index in [1.54, 1.807) is 0 Å². The topological polar surface area (TPSA) is 58.2 Å². The zero-order valence-electron chi connectivity index (χ0n) is 11.6. The van der Waals surface area contributed by atoms with Crippen molar-refractivity contribution in [2.75, 3.05) is 0 Å². The van der Waals surface area contributed by atoms with E-state index in [4.69, 9.17) is 0 Å². The molecule has 2 fully saturated rings. The minimum absolute atomic E-state index is 0.0405. The van der Waals surface area contributed by atoms with Crippen LogP contribution < -0.4 is 10.9 Å². The van der Waals surface area contributed by atoms with Crippen LogP contribution in [0, 0.1) is 11.8 Å². The Morgan fingerprint density at radius 2 is 1.68 bits per heavy atom. The average molecular weight is 312 g/mol. The molecule has 2 unspecified atom stereocenters. The van der Waals surface area contributed by atoms with E-state index in [1.807, 2.05) is 0 Å². The SMILES string of the molecule is O=C(NNC(=O)C1CC1c1ccccc1C(F)(F)F)C1CC1. The van der Waals surface area contributed by atoms with Crippen LogP contribution in [0.2, 0.25) is 0 Å². The van der Waals surface area contributed by atoms with Crippen molar-refractivity contribution in [2.45, 2.75) is 31.4 Å². The molecule has 1 aromatic rings. The molecule has 2 atom stereocenters. The predicted octanol–water partition coefficient (Wildman–Crippen LogP) is 2.37. The quantitative estimate of drug-likeness (QED) is 0.842. The van der Waals surface area contributed by atoms with Gasteiger partial charge in [-0.25, -0.2) is 0 Å². The van der Waals surface area contributed by atoms with Gasteiger partial charge in [-0.15, -0.1) is 0 Å². The van der Waals surface area contributed by atoms with Gasteiger partial charge in [0.1, 0.15) is 0 Å². The molecule has 4 nitrogen and oxygen atoms in total. The van der Waals surface area contributed by atoms with Gasteiger partial charge in [0, 0.05) is 11.8 Å². The van der Waals surface area contributed by atoms with Crippen LogP contribution in [0.25, 0.3) is 0 Å². The van der Waals surface area contributed by atoms with Gasteiger partial charge in [0.25, 0.3) is 0 Å². The molecule has 2 N–H and O–H groups in total. The highest BCUT2D eigenvalue weighted by molar-refractivity contribution is 5.87. The smallest absolute Gasteiger partial charge is 0.273 e. The van der Waals surface area contributed by atoms with E-state index in [-0.39, 0.29) is 17.4 Å². The minimum Gasteiger partial charge on any atom is -0.273 e. The number of hydrogen-bond acceptors (Lipinski definition) is 2. The fraction of sp³-hybridized carbons (Fsp3) is 0.467. The number of halogens is 3. The van der Waals surface area contributed by atoms with E-state index in [9.17, 15) is 22.8 Å². The summed E-state index contributed by atoms with van der Waals surface area (Å²) in [4.78, 5) is 23.3. The molecule has 0 saturated heterocycles. The molecule has 0 bridgehead atoms. The van der Waals surface area contributed by atoms with Crippen LogP contribution in [0.5, 0.6) is 0 Å². The summed E-state index contributed by atoms with van der Waals surface area (Å²) in [5.41, 5.74) is 4.07. The Morgan fingerprint density at radius 3 is 2.32 bits per heavy atom. The third-order valence-corrected chi connectivity index (χ3v) is 4.05. The van der Waals surface area contributed by atoms with Crippen LogP contribution in [-0.2, 0) is 15.8 Å². The standard InChI is InChI=1S/C15H15F3N2O2/c16-15(17,18)12-4-2-1-3-9(12)10-7-11(10)14(22)20-19-13(21)8-5-6-8/h1-4,8,10-11H,5-7H2,(H,19,21)(H,20,22). The normalized spacial score (nSPS) is 23.8. The summed E-state index contributed by atoms with van der Waals surface area (Å²) >= 11 is 0. The van der Waals surface area contributed by atoms with Crippen LogP contribution in [0.15, 0.2) is 24.3 Å². The van der Waals surface area contributed by atoms with Gasteiger partial charge in [0.05, 0.1) is 5.56 Å². The number of nitrogens with one attached hydrogen (secondary N) is 2. The number of amides is 2. The Kier molecular flexibility index (Phi) is 3.58. The Balaban J connectivity index is 1.62. The molecular weight excluding hydrogens is 297 g/mol. The van der Waals surface area contributed by atoms with Crippen LogP contribution in [0.3, 0.4) is 0 Å². The van der Waals surface area contributed by atoms with Gasteiger partial charge in [-0.3, -0.25) is 20.4 Å². The minimum atomic E-state index is -4.43. The molecule has 118 valence electrons. The summed E-state index contributed by atoms with van der Waals surface area (Å²) in [7, 11) is 0. The van der Waals surface area contributed by atoms with E-state index in [1.165, 1.54) is 18.2 Å². The van der Waals surface area contributed by atoms with E-state index in [2.05, 4.69) is 10.9 Å². The molecule has 7 heteroatoms. The zero-order chi connectivity index (χ0) is 15.9. The molecule has 0 spiro atoms. The summed E-state index contributed by atoms with van der Waals surface area (Å²) in [5.74, 6) is -1.68. The van der Waals surface area contributed by atoms with Gasteiger partial charge in [-0.05, 0) is 36.8 Å². The van der Waals surface area contributed by atoms with E-state index in [0.29, 0.717) is 6.42 Å². The Bertz CT molecular complexity index is 611. The van der Waals surface area contributed by atoms with Gasteiger partial charge >= 0.3 is 6.18 Å². The molecule has 2 amide bonds. The van der Waals surface area contributed by atoms with E-state index < -0.39 is 29.5 Å². The summed E-state index contributed by atoms with van der Waals surface area (Å²) in [6, 6.07) is 5.30. The highest BCUT2D eigenvalue weighted by Gasteiger charge is 2.48. The Morgan fingerprint density at radius 1 is 1.05 bits per heavy atom. The zero-order valence-corrected chi connectivity index (χ0v) is 11.6. The Labute approximate surface area is 125 Å². The van der Waals surface area contributed by atoms with Gasteiger partial charge in [-0.1, -0.05) is 18.2 Å². The highest BCUT2D eigenvalue weighted by Crippen LogP contribution is 2.50. The first-order valence-corrected chi connectivity index (χ1v) is 7.13. The summed E-state index contributed by atoms with van der Waals surface area (Å²) < 4.78 is 38.9. The van der Waals surface area contributed by atoms with Crippen molar-refractivity contribution in [1.82, 2.24) is 10.9 Å². The second-order valence-electron chi connectivity index (χ2n) is 5.79. The molecule has 0 aliphatic heterocycles. The van der Waals surface area contributed by atoms with Crippen molar-refractivity contribution in [2.24, 2.45) is 11.8 Å². The van der Waals surface area contributed by atoms with Crippen molar-refractivity contribution >= 4 is 11.8 Å². The number of rotatable bonds is 3. The molecule has 22 heavy (non-hydrogen) atoms. The third kappa shape index (κ3) is 3.08. The third-order valence-electron chi connectivity index (χ3n) is 4.05. The molecule has 2 aliphatic carbocycles. The van der Waals surface area contributed by atoms with Gasteiger partial charge in [0.15, 0.2) is 0 Å². The molecule has 0 radical (unpaired) electrons. The van der Waals surface area contributed by atoms with Crippen molar-refractivity contribution < 1.29 is 22.8 Å². The first-order valence-electron chi connectivity index (χ1n) is 7.13. The van der Waals surface area contributed by atoms with Crippen molar-refractivity contribution in [3.8, 4) is 0 Å². The number of alkyl halides is 3.